The van der Waals surface area contributed by atoms with Crippen molar-refractivity contribution >= 4 is 13.6 Å². The lowest BCUT2D eigenvalue weighted by Gasteiger charge is -2.22. The van der Waals surface area contributed by atoms with Gasteiger partial charge in [0.05, 0.1) is 13.2 Å². The van der Waals surface area contributed by atoms with Gasteiger partial charge in [0, 0.05) is 12.7 Å². The second kappa shape index (κ2) is 11.2. The van der Waals surface area contributed by atoms with Crippen LogP contribution in [0.25, 0.3) is 0 Å². The molecule has 1 aromatic heterocycles. The molecule has 2 heterocycles. The van der Waals surface area contributed by atoms with E-state index in [9.17, 15) is 23.2 Å². The van der Waals surface area contributed by atoms with Crippen LogP contribution in [0.2, 0.25) is 0 Å². The molecule has 4 rings (SSSR count). The third-order valence-corrected chi connectivity index (χ3v) is 7.37. The Labute approximate surface area is 211 Å². The van der Waals surface area contributed by atoms with Crippen molar-refractivity contribution in [3.8, 4) is 0 Å². The number of benzene rings is 2. The van der Waals surface area contributed by atoms with Crippen molar-refractivity contribution in [2.75, 3.05) is 12.3 Å². The van der Waals surface area contributed by atoms with E-state index in [0.29, 0.717) is 4.57 Å². The monoisotopic (exact) mass is 536 g/mol. The topological polar surface area (TPSA) is 138 Å². The zero-order chi connectivity index (χ0) is 26.6. The molecule has 4 atom stereocenters. The highest BCUT2D eigenvalue weighted by atomic mass is 31.2. The van der Waals surface area contributed by atoms with Crippen LogP contribution in [0, 0.1) is 6.92 Å². The molecule has 198 valence electrons. The Hall–Kier alpha value is -2.99. The van der Waals surface area contributed by atoms with Crippen LogP contribution in [-0.4, -0.2) is 39.4 Å². The molecule has 1 saturated heterocycles. The lowest BCUT2D eigenvalue weighted by atomic mass is 10.1. The van der Waals surface area contributed by atoms with E-state index in [1.54, 1.807) is 36.4 Å². The van der Waals surface area contributed by atoms with Gasteiger partial charge >= 0.3 is 19.4 Å². The van der Waals surface area contributed by atoms with Crippen molar-refractivity contribution in [2.45, 2.75) is 44.4 Å². The van der Waals surface area contributed by atoms with E-state index in [1.807, 2.05) is 25.1 Å². The fourth-order valence-electron chi connectivity index (χ4n) is 3.72. The van der Waals surface area contributed by atoms with E-state index in [1.165, 1.54) is 0 Å². The Bertz CT molecular complexity index is 1330. The van der Waals surface area contributed by atoms with Gasteiger partial charge in [0.25, 0.3) is 0 Å². The number of hydrogen-bond donors (Lipinski definition) is 3. The highest BCUT2D eigenvalue weighted by Crippen LogP contribution is 2.48. The van der Waals surface area contributed by atoms with E-state index in [-0.39, 0.29) is 19.0 Å². The predicted octanol–water partition coefficient (Wildman–Crippen LogP) is 3.16. The highest BCUT2D eigenvalue weighted by molar-refractivity contribution is 7.51. The first-order valence-corrected chi connectivity index (χ1v) is 12.9. The van der Waals surface area contributed by atoms with Crippen molar-refractivity contribution < 1.29 is 32.2 Å². The number of nitrogens with one attached hydrogen (secondary N) is 1. The van der Waals surface area contributed by atoms with Gasteiger partial charge in [-0.1, -0.05) is 54.6 Å². The molecule has 0 saturated carbocycles. The smallest absolute Gasteiger partial charge is 0.384 e. The summed E-state index contributed by atoms with van der Waals surface area (Å²) in [6.07, 6.45) is -5.16. The summed E-state index contributed by atoms with van der Waals surface area (Å²) in [5.41, 5.74) is 6.78. The van der Waals surface area contributed by atoms with Crippen LogP contribution in [0.15, 0.2) is 71.7 Å². The lowest BCUT2D eigenvalue weighted by molar-refractivity contribution is -0.140. The number of anilines is 1. The number of hydrogen-bond acceptors (Lipinski definition) is 8. The van der Waals surface area contributed by atoms with Gasteiger partial charge < -0.3 is 15.6 Å². The Morgan fingerprint density at radius 3 is 2.57 bits per heavy atom. The Kier molecular flexibility index (Phi) is 8.17. The number of nitrogens with zero attached hydrogens (tertiary/aromatic N) is 2. The van der Waals surface area contributed by atoms with Gasteiger partial charge in [0.1, 0.15) is 11.9 Å². The number of halogens is 2. The maximum atomic E-state index is 14.9. The second-order valence-electron chi connectivity index (χ2n) is 8.50. The van der Waals surface area contributed by atoms with Gasteiger partial charge in [-0.05, 0) is 29.7 Å². The molecule has 37 heavy (non-hydrogen) atoms. The first kappa shape index (κ1) is 27.1. The molecule has 13 heteroatoms. The van der Waals surface area contributed by atoms with Crippen LogP contribution >= 0.6 is 7.75 Å². The number of aliphatic hydroxyl groups is 1. The van der Waals surface area contributed by atoms with Gasteiger partial charge in [0.15, 0.2) is 6.10 Å². The van der Waals surface area contributed by atoms with Gasteiger partial charge in [-0.25, -0.2) is 14.4 Å². The molecule has 1 aliphatic rings. The third-order valence-electron chi connectivity index (χ3n) is 5.86. The molecule has 0 radical (unpaired) electrons. The van der Waals surface area contributed by atoms with E-state index >= 15 is 0 Å². The maximum absolute atomic E-state index is 14.9. The summed E-state index contributed by atoms with van der Waals surface area (Å²) >= 11 is 0. The van der Waals surface area contributed by atoms with Crippen molar-refractivity contribution in [1.82, 2.24) is 14.6 Å². The summed E-state index contributed by atoms with van der Waals surface area (Å²) < 4.78 is 60.2. The van der Waals surface area contributed by atoms with E-state index in [0.717, 1.165) is 29.0 Å². The van der Waals surface area contributed by atoms with Crippen molar-refractivity contribution in [2.24, 2.45) is 0 Å². The zero-order valence-corrected chi connectivity index (χ0v) is 20.8. The van der Waals surface area contributed by atoms with Crippen LogP contribution in [0.1, 0.15) is 22.9 Å². The fourth-order valence-corrected chi connectivity index (χ4v) is 5.01. The van der Waals surface area contributed by atoms with Crippen molar-refractivity contribution in [3.63, 3.8) is 0 Å². The maximum Gasteiger partial charge on any atom is 0.406 e. The molecule has 1 aliphatic heterocycles. The number of aryl methyl sites for hydroxylation is 1. The first-order valence-electron chi connectivity index (χ1n) is 11.4. The normalized spacial score (nSPS) is 22.5. The minimum Gasteiger partial charge on any atom is -0.384 e. The molecule has 1 unspecified atom stereocenters. The number of ether oxygens (including phenoxy) is 1. The average molecular weight is 536 g/mol. The van der Waals surface area contributed by atoms with E-state index in [4.69, 9.17) is 19.5 Å². The van der Waals surface area contributed by atoms with Gasteiger partial charge in [-0.2, -0.15) is 13.8 Å². The SMILES string of the molecule is Cc1ccccc1COP(=O)(NCc1ccccc1)OC[C@H]1O[C@@H](n2ccc(N)nc2=O)C(F)(F)[C@@H]1O. The van der Waals surface area contributed by atoms with Crippen LogP contribution < -0.4 is 16.5 Å². The quantitative estimate of drug-likeness (QED) is 0.334. The predicted molar refractivity (Wildman–Crippen MR) is 131 cm³/mol. The Balaban J connectivity index is 1.49. The molecule has 0 aliphatic carbocycles. The van der Waals surface area contributed by atoms with Crippen LogP contribution in [0.4, 0.5) is 14.6 Å². The molecular weight excluding hydrogens is 509 g/mol. The van der Waals surface area contributed by atoms with Crippen molar-refractivity contribution in [3.05, 3.63) is 94.0 Å². The lowest BCUT2D eigenvalue weighted by Crippen LogP contribution is -2.42. The summed E-state index contributed by atoms with van der Waals surface area (Å²) in [5.74, 6) is -4.03. The molecule has 3 aromatic rings. The van der Waals surface area contributed by atoms with Gasteiger partial charge in [-0.15, -0.1) is 0 Å². The number of alkyl halides is 2. The van der Waals surface area contributed by atoms with Gasteiger partial charge in [0.2, 0.25) is 6.23 Å². The van der Waals surface area contributed by atoms with E-state index in [2.05, 4.69) is 10.1 Å². The number of aromatic nitrogens is 2. The van der Waals surface area contributed by atoms with Gasteiger partial charge in [-0.3, -0.25) is 13.6 Å². The summed E-state index contributed by atoms with van der Waals surface area (Å²) in [6, 6.07) is 17.5. The third kappa shape index (κ3) is 6.30. The standard InChI is InChI=1S/C24H27F2N4O6P/c1-16-7-5-6-10-18(16)14-34-37(33,28-13-17-8-3-2-4-9-17)35-15-19-21(31)24(25,26)22(36-19)30-12-11-20(27)29-23(30)32/h2-12,19,21-22,31H,13-15H2,1H3,(H,28,33)(H2,27,29,32)/t19-,21-,22-,37?/m1/s1. The molecule has 10 nitrogen and oxygen atoms in total. The summed E-state index contributed by atoms with van der Waals surface area (Å²) in [6.45, 7) is 1.18. The summed E-state index contributed by atoms with van der Waals surface area (Å²) in [4.78, 5) is 15.5. The average Bonchev–Trinajstić information content (AvgIpc) is 3.10. The molecular formula is C24H27F2N4O6P. The molecule has 0 amide bonds. The van der Waals surface area contributed by atoms with Crippen LogP contribution in [-0.2, 0) is 31.5 Å². The van der Waals surface area contributed by atoms with E-state index < -0.39 is 44.4 Å². The second-order valence-corrected chi connectivity index (χ2v) is 10.3. The summed E-state index contributed by atoms with van der Waals surface area (Å²) in [7, 11) is -4.08. The molecule has 0 spiro atoms. The first-order chi connectivity index (χ1) is 17.6. The highest BCUT2D eigenvalue weighted by Gasteiger charge is 2.60. The summed E-state index contributed by atoms with van der Waals surface area (Å²) in [5, 5.41) is 13.0. The molecule has 1 fully saturated rings. The van der Waals surface area contributed by atoms with Crippen LogP contribution in [0.5, 0.6) is 0 Å². The molecule has 4 N–H and O–H groups in total. The number of nitrogens with two attached hydrogens (primary N) is 1. The molecule has 0 bridgehead atoms. The number of rotatable bonds is 10. The Morgan fingerprint density at radius 1 is 1.16 bits per heavy atom. The largest absolute Gasteiger partial charge is 0.406 e. The fraction of sp³-hybridized carbons (Fsp3) is 0.333. The van der Waals surface area contributed by atoms with Crippen LogP contribution in [0.3, 0.4) is 0 Å². The number of aliphatic hydroxyl groups excluding tert-OH is 1. The molecule has 2 aromatic carbocycles. The minimum atomic E-state index is -4.08. The zero-order valence-electron chi connectivity index (χ0n) is 19.9. The van der Waals surface area contributed by atoms with Crippen molar-refractivity contribution in [1.29, 1.82) is 0 Å². The number of nitrogen functional groups attached to an aromatic ring is 1. The Morgan fingerprint density at radius 2 is 1.86 bits per heavy atom. The minimum absolute atomic E-state index is 0.0783.